The van der Waals surface area contributed by atoms with Crippen molar-refractivity contribution >= 4 is 40.5 Å². The van der Waals surface area contributed by atoms with Crippen LogP contribution in [0.3, 0.4) is 0 Å². The van der Waals surface area contributed by atoms with E-state index in [-0.39, 0.29) is 5.70 Å². The molecule has 0 spiro atoms. The highest BCUT2D eigenvalue weighted by Gasteiger charge is 2.24. The summed E-state index contributed by atoms with van der Waals surface area (Å²) >= 11 is 2.21. The van der Waals surface area contributed by atoms with Gasteiger partial charge >= 0.3 is 5.97 Å². The number of nitrogens with zero attached hydrogens (tertiary/aromatic N) is 1. The van der Waals surface area contributed by atoms with E-state index in [1.165, 1.54) is 0 Å². The Bertz CT molecular complexity index is 841. The number of rotatable bonds is 4. The van der Waals surface area contributed by atoms with Crippen LogP contribution in [0.15, 0.2) is 53.2 Å². The molecule has 0 fully saturated rings. The first-order chi connectivity index (χ1) is 11.6. The van der Waals surface area contributed by atoms with E-state index in [2.05, 4.69) is 27.6 Å². The van der Waals surface area contributed by atoms with E-state index in [0.29, 0.717) is 23.0 Å². The van der Waals surface area contributed by atoms with Crippen LogP contribution in [-0.2, 0) is 9.53 Å². The van der Waals surface area contributed by atoms with Gasteiger partial charge in [-0.1, -0.05) is 0 Å². The number of carbonyl (C=O) groups is 1. The summed E-state index contributed by atoms with van der Waals surface area (Å²) in [7, 11) is 3.15. The third-order valence-electron chi connectivity index (χ3n) is 3.44. The smallest absolute Gasteiger partial charge is 0.363 e. The Balaban J connectivity index is 1.98. The molecule has 24 heavy (non-hydrogen) atoms. The van der Waals surface area contributed by atoms with Gasteiger partial charge in [-0.25, -0.2) is 9.79 Å². The zero-order chi connectivity index (χ0) is 17.1. The molecule has 0 atom stereocenters. The molecule has 1 heterocycles. The van der Waals surface area contributed by atoms with E-state index in [4.69, 9.17) is 14.2 Å². The van der Waals surface area contributed by atoms with Gasteiger partial charge in [-0.3, -0.25) is 0 Å². The fraction of sp³-hybridized carbons (Fsp3) is 0.111. The second-order valence-corrected chi connectivity index (χ2v) is 6.20. The van der Waals surface area contributed by atoms with E-state index in [9.17, 15) is 4.79 Å². The molecule has 0 unspecified atom stereocenters. The number of carbonyl (C=O) groups excluding carboxylic acids is 1. The van der Waals surface area contributed by atoms with Crippen molar-refractivity contribution in [3.05, 3.63) is 62.9 Å². The van der Waals surface area contributed by atoms with Crippen LogP contribution in [0.2, 0.25) is 0 Å². The van der Waals surface area contributed by atoms with E-state index >= 15 is 0 Å². The highest BCUT2D eigenvalue weighted by molar-refractivity contribution is 14.1. The monoisotopic (exact) mass is 435 g/mol. The maximum atomic E-state index is 12.1. The van der Waals surface area contributed by atoms with Crippen LogP contribution < -0.4 is 9.47 Å². The number of hydrogen-bond donors (Lipinski definition) is 0. The Hall–Kier alpha value is -2.35. The highest BCUT2D eigenvalue weighted by Crippen LogP contribution is 2.28. The topological polar surface area (TPSA) is 57.1 Å². The lowest BCUT2D eigenvalue weighted by atomic mass is 10.1. The Morgan fingerprint density at radius 1 is 1.08 bits per heavy atom. The fourth-order valence-electron chi connectivity index (χ4n) is 2.22. The minimum atomic E-state index is -0.492. The molecule has 0 amide bonds. The van der Waals surface area contributed by atoms with Crippen LogP contribution in [0.5, 0.6) is 11.5 Å². The second-order valence-electron chi connectivity index (χ2n) is 4.95. The molecule has 2 aromatic carbocycles. The molecular weight excluding hydrogens is 421 g/mol. The third kappa shape index (κ3) is 3.43. The van der Waals surface area contributed by atoms with Gasteiger partial charge in [-0.15, -0.1) is 0 Å². The number of cyclic esters (lactones) is 1. The summed E-state index contributed by atoms with van der Waals surface area (Å²) in [6.07, 6.45) is 1.63. The molecule has 122 valence electrons. The van der Waals surface area contributed by atoms with Gasteiger partial charge in [-0.2, -0.15) is 0 Å². The Labute approximate surface area is 153 Å². The summed E-state index contributed by atoms with van der Waals surface area (Å²) < 4.78 is 16.9. The molecule has 2 aromatic rings. The molecular formula is C18H14INO4. The highest BCUT2D eigenvalue weighted by atomic mass is 127. The summed E-state index contributed by atoms with van der Waals surface area (Å²) in [6, 6.07) is 12.9. The Morgan fingerprint density at radius 2 is 1.83 bits per heavy atom. The van der Waals surface area contributed by atoms with Gasteiger partial charge in [0.05, 0.1) is 14.2 Å². The summed E-state index contributed by atoms with van der Waals surface area (Å²) in [6.45, 7) is 0. The number of hydrogen-bond acceptors (Lipinski definition) is 5. The van der Waals surface area contributed by atoms with Gasteiger partial charge < -0.3 is 14.2 Å². The first-order valence-electron chi connectivity index (χ1n) is 7.11. The van der Waals surface area contributed by atoms with E-state index in [1.54, 1.807) is 38.5 Å². The molecule has 1 aliphatic rings. The molecule has 0 aliphatic carbocycles. The van der Waals surface area contributed by atoms with Crippen molar-refractivity contribution in [2.24, 2.45) is 4.99 Å². The van der Waals surface area contributed by atoms with Crippen molar-refractivity contribution < 1.29 is 19.0 Å². The Kier molecular flexibility index (Phi) is 4.84. The SMILES string of the molecule is COc1ccc(OC)c(C=C2N=C(c3ccc(I)cc3)OC2=O)c1. The van der Waals surface area contributed by atoms with Crippen LogP contribution in [0.1, 0.15) is 11.1 Å². The van der Waals surface area contributed by atoms with E-state index in [0.717, 1.165) is 9.13 Å². The predicted molar refractivity (Wildman–Crippen MR) is 99.3 cm³/mol. The van der Waals surface area contributed by atoms with Gasteiger partial charge in [0, 0.05) is 14.7 Å². The first kappa shape index (κ1) is 16.5. The summed E-state index contributed by atoms with van der Waals surface area (Å²) in [5.41, 5.74) is 1.66. The molecule has 1 aliphatic heterocycles. The second kappa shape index (κ2) is 7.04. The number of methoxy groups -OCH3 is 2. The molecule has 0 N–H and O–H groups in total. The zero-order valence-corrected chi connectivity index (χ0v) is 15.2. The summed E-state index contributed by atoms with van der Waals surface area (Å²) in [5, 5.41) is 0. The number of benzene rings is 2. The largest absolute Gasteiger partial charge is 0.497 e. The maximum absolute atomic E-state index is 12.1. The zero-order valence-electron chi connectivity index (χ0n) is 13.1. The molecule has 0 saturated heterocycles. The molecule has 0 radical (unpaired) electrons. The number of ether oxygens (including phenoxy) is 3. The number of esters is 1. The molecule has 6 heteroatoms. The van der Waals surface area contributed by atoms with Crippen molar-refractivity contribution in [2.75, 3.05) is 14.2 Å². The number of aliphatic imine (C=N–C) groups is 1. The van der Waals surface area contributed by atoms with Crippen molar-refractivity contribution in [1.82, 2.24) is 0 Å². The fourth-order valence-corrected chi connectivity index (χ4v) is 2.58. The van der Waals surface area contributed by atoms with Crippen LogP contribution in [0.4, 0.5) is 0 Å². The lowest BCUT2D eigenvalue weighted by Gasteiger charge is -2.07. The van der Waals surface area contributed by atoms with Gasteiger partial charge in [-0.05, 0) is 71.1 Å². The van der Waals surface area contributed by atoms with E-state index in [1.807, 2.05) is 24.3 Å². The average Bonchev–Trinajstić information content (AvgIpc) is 2.96. The van der Waals surface area contributed by atoms with Gasteiger partial charge in [0.1, 0.15) is 11.5 Å². The minimum absolute atomic E-state index is 0.218. The lowest BCUT2D eigenvalue weighted by molar-refractivity contribution is -0.129. The minimum Gasteiger partial charge on any atom is -0.497 e. The Morgan fingerprint density at radius 3 is 2.50 bits per heavy atom. The number of halogens is 1. The molecule has 5 nitrogen and oxygen atoms in total. The van der Waals surface area contributed by atoms with Crippen molar-refractivity contribution in [3.63, 3.8) is 0 Å². The van der Waals surface area contributed by atoms with E-state index < -0.39 is 5.97 Å². The van der Waals surface area contributed by atoms with Crippen molar-refractivity contribution in [3.8, 4) is 11.5 Å². The molecule has 0 saturated carbocycles. The molecule has 0 aromatic heterocycles. The lowest BCUT2D eigenvalue weighted by Crippen LogP contribution is -2.05. The summed E-state index contributed by atoms with van der Waals surface area (Å²) in [5.74, 6) is 1.09. The third-order valence-corrected chi connectivity index (χ3v) is 4.16. The van der Waals surface area contributed by atoms with Gasteiger partial charge in [0.15, 0.2) is 5.70 Å². The summed E-state index contributed by atoms with van der Waals surface area (Å²) in [4.78, 5) is 16.4. The van der Waals surface area contributed by atoms with Crippen LogP contribution in [-0.4, -0.2) is 26.1 Å². The maximum Gasteiger partial charge on any atom is 0.363 e. The molecule has 0 bridgehead atoms. The normalized spacial score (nSPS) is 15.2. The van der Waals surface area contributed by atoms with Crippen LogP contribution in [0, 0.1) is 3.57 Å². The van der Waals surface area contributed by atoms with Crippen molar-refractivity contribution in [2.45, 2.75) is 0 Å². The first-order valence-corrected chi connectivity index (χ1v) is 8.19. The quantitative estimate of drug-likeness (QED) is 0.418. The van der Waals surface area contributed by atoms with Gasteiger partial charge in [0.25, 0.3) is 0 Å². The molecule has 3 rings (SSSR count). The standard InChI is InChI=1S/C18H14INO4/c1-22-14-7-8-16(23-2)12(9-14)10-15-18(21)24-17(20-15)11-3-5-13(19)6-4-11/h3-10H,1-2H3. The van der Waals surface area contributed by atoms with Crippen LogP contribution in [0.25, 0.3) is 6.08 Å². The van der Waals surface area contributed by atoms with Crippen molar-refractivity contribution in [1.29, 1.82) is 0 Å². The van der Waals surface area contributed by atoms with Gasteiger partial charge in [0.2, 0.25) is 5.90 Å². The average molecular weight is 435 g/mol. The van der Waals surface area contributed by atoms with Crippen LogP contribution >= 0.6 is 22.6 Å². The predicted octanol–water partition coefficient (Wildman–Crippen LogP) is 3.65.